The van der Waals surface area contributed by atoms with Crippen molar-refractivity contribution in [3.63, 3.8) is 0 Å². The van der Waals surface area contributed by atoms with E-state index in [2.05, 4.69) is 25.3 Å². The van der Waals surface area contributed by atoms with Crippen molar-refractivity contribution in [2.75, 3.05) is 6.61 Å². The van der Waals surface area contributed by atoms with Gasteiger partial charge < -0.3 is 19.1 Å². The summed E-state index contributed by atoms with van der Waals surface area (Å²) in [4.78, 5) is 15.1. The molecule has 5 heteroatoms. The van der Waals surface area contributed by atoms with E-state index < -0.39 is 0 Å². The Morgan fingerprint density at radius 3 is 1.84 bits per heavy atom. The molecule has 0 unspecified atom stereocenters. The number of piperidine rings is 1. The largest absolute Gasteiger partial charge is 0.375 e. The van der Waals surface area contributed by atoms with Crippen LogP contribution in [0.1, 0.15) is 29.5 Å². The molecule has 1 fully saturated rings. The zero-order valence-electron chi connectivity index (χ0n) is 21.9. The Bertz CT molecular complexity index is 1140. The minimum atomic E-state index is -0.389. The molecule has 1 aliphatic heterocycles. The van der Waals surface area contributed by atoms with Crippen molar-refractivity contribution >= 4 is 5.91 Å². The molecule has 1 heterocycles. The highest BCUT2D eigenvalue weighted by atomic mass is 16.5. The van der Waals surface area contributed by atoms with Crippen molar-refractivity contribution in [2.45, 2.75) is 57.0 Å². The number of hydrogen-bond acceptors (Lipinski definition) is 4. The van der Waals surface area contributed by atoms with Crippen LogP contribution in [0.4, 0.5) is 0 Å². The summed E-state index contributed by atoms with van der Waals surface area (Å²) in [7, 11) is 0. The second kappa shape index (κ2) is 14.4. The molecule has 38 heavy (non-hydrogen) atoms. The van der Waals surface area contributed by atoms with Gasteiger partial charge in [-0.05, 0) is 35.6 Å². The van der Waals surface area contributed by atoms with Crippen LogP contribution in [0.5, 0.6) is 0 Å². The monoisotopic (exact) mass is 511 g/mol. The third-order valence-corrected chi connectivity index (χ3v) is 6.86. The summed E-state index contributed by atoms with van der Waals surface area (Å²) < 4.78 is 19.3. The van der Waals surface area contributed by atoms with Gasteiger partial charge in [-0.3, -0.25) is 4.79 Å². The molecule has 0 saturated carbocycles. The number of carbonyl (C=O) groups is 1. The molecule has 1 saturated heterocycles. The second-order valence-corrected chi connectivity index (χ2v) is 9.53. The zero-order valence-corrected chi connectivity index (χ0v) is 21.9. The van der Waals surface area contributed by atoms with Crippen molar-refractivity contribution in [3.05, 3.63) is 133 Å². The molecule has 3 aromatic carbocycles. The zero-order chi connectivity index (χ0) is 26.6. The van der Waals surface area contributed by atoms with Crippen LogP contribution in [0, 0.1) is 0 Å². The number of benzene rings is 3. The summed E-state index contributed by atoms with van der Waals surface area (Å²) >= 11 is 0. The number of nitrogens with zero attached hydrogens (tertiary/aromatic N) is 1. The fourth-order valence-electron chi connectivity index (χ4n) is 5.02. The fraction of sp³-hybridized carbons (Fsp3) is 0.303. The van der Waals surface area contributed by atoms with Gasteiger partial charge in [-0.25, -0.2) is 0 Å². The topological polar surface area (TPSA) is 48.0 Å². The molecular weight excluding hydrogens is 474 g/mol. The van der Waals surface area contributed by atoms with Crippen molar-refractivity contribution < 1.29 is 19.0 Å². The average Bonchev–Trinajstić information content (AvgIpc) is 2.97. The molecule has 4 atom stereocenters. The van der Waals surface area contributed by atoms with Gasteiger partial charge in [-0.15, -0.1) is 6.58 Å². The minimum absolute atomic E-state index is 0.0966. The van der Waals surface area contributed by atoms with Crippen LogP contribution in [0.25, 0.3) is 0 Å². The predicted molar refractivity (Wildman–Crippen MR) is 150 cm³/mol. The van der Waals surface area contributed by atoms with Gasteiger partial charge in [-0.2, -0.15) is 0 Å². The second-order valence-electron chi connectivity index (χ2n) is 9.53. The van der Waals surface area contributed by atoms with Gasteiger partial charge in [0.25, 0.3) is 0 Å². The van der Waals surface area contributed by atoms with Crippen LogP contribution < -0.4 is 0 Å². The number of rotatable bonds is 13. The Balaban J connectivity index is 1.60. The molecule has 1 aliphatic rings. The van der Waals surface area contributed by atoms with Gasteiger partial charge in [0.05, 0.1) is 38.6 Å². The molecule has 3 aromatic rings. The smallest absolute Gasteiger partial charge is 0.246 e. The van der Waals surface area contributed by atoms with Gasteiger partial charge in [0.15, 0.2) is 0 Å². The molecule has 1 amide bonds. The fourth-order valence-corrected chi connectivity index (χ4v) is 5.02. The van der Waals surface area contributed by atoms with Gasteiger partial charge >= 0.3 is 0 Å². The lowest BCUT2D eigenvalue weighted by atomic mass is 9.88. The molecule has 0 bridgehead atoms. The van der Waals surface area contributed by atoms with Gasteiger partial charge in [0.1, 0.15) is 6.10 Å². The Hall–Kier alpha value is -3.51. The maximum absolute atomic E-state index is 13.2. The van der Waals surface area contributed by atoms with E-state index in [1.807, 2.05) is 89.8 Å². The Morgan fingerprint density at radius 1 is 0.789 bits per heavy atom. The van der Waals surface area contributed by atoms with Crippen LogP contribution in [-0.2, 0) is 38.8 Å². The average molecular weight is 512 g/mol. The van der Waals surface area contributed by atoms with E-state index in [4.69, 9.17) is 14.2 Å². The summed E-state index contributed by atoms with van der Waals surface area (Å²) in [6.45, 7) is 9.36. The number of likely N-dealkylation sites (tertiary alicyclic amines) is 1. The van der Waals surface area contributed by atoms with Gasteiger partial charge in [0.2, 0.25) is 5.91 Å². The van der Waals surface area contributed by atoms with Crippen molar-refractivity contribution in [3.8, 4) is 0 Å². The molecule has 4 rings (SSSR count). The summed E-state index contributed by atoms with van der Waals surface area (Å²) in [5.41, 5.74) is 3.23. The summed E-state index contributed by atoms with van der Waals surface area (Å²) in [5, 5.41) is 0. The van der Waals surface area contributed by atoms with E-state index >= 15 is 0 Å². The number of amides is 1. The minimum Gasteiger partial charge on any atom is -0.375 e. The SMILES string of the molecule is C=CC[C@H]1C[C@@H](OCc2ccccc2)[C@H](OCc2ccccc2)[C@H](COCc2ccccc2)N1C(=O)C=C. The summed E-state index contributed by atoms with van der Waals surface area (Å²) in [6, 6.07) is 29.8. The van der Waals surface area contributed by atoms with Crippen LogP contribution in [0.2, 0.25) is 0 Å². The first-order chi connectivity index (χ1) is 18.7. The van der Waals surface area contributed by atoms with Crippen molar-refractivity contribution in [1.82, 2.24) is 4.90 Å². The molecule has 198 valence electrons. The van der Waals surface area contributed by atoms with E-state index in [0.29, 0.717) is 39.3 Å². The highest BCUT2D eigenvalue weighted by molar-refractivity contribution is 5.87. The Morgan fingerprint density at radius 2 is 1.32 bits per heavy atom. The summed E-state index contributed by atoms with van der Waals surface area (Å²) in [6.07, 6.45) is 3.88. The van der Waals surface area contributed by atoms with Crippen LogP contribution in [0.3, 0.4) is 0 Å². The molecule has 0 spiro atoms. The third kappa shape index (κ3) is 7.51. The van der Waals surface area contributed by atoms with Crippen LogP contribution in [0.15, 0.2) is 116 Å². The first-order valence-electron chi connectivity index (χ1n) is 13.2. The third-order valence-electron chi connectivity index (χ3n) is 6.86. The van der Waals surface area contributed by atoms with Crippen molar-refractivity contribution in [2.24, 2.45) is 0 Å². The van der Waals surface area contributed by atoms with Gasteiger partial charge in [0, 0.05) is 6.04 Å². The summed E-state index contributed by atoms with van der Waals surface area (Å²) in [5.74, 6) is -0.139. The predicted octanol–water partition coefficient (Wildman–Crippen LogP) is 6.11. The quantitative estimate of drug-likeness (QED) is 0.205. The Kier molecular flexibility index (Phi) is 10.5. The molecular formula is C33H37NO4. The molecule has 0 radical (unpaired) electrons. The van der Waals surface area contributed by atoms with E-state index in [1.54, 1.807) is 0 Å². The van der Waals surface area contributed by atoms with Crippen LogP contribution in [-0.4, -0.2) is 41.7 Å². The highest BCUT2D eigenvalue weighted by Crippen LogP contribution is 2.32. The number of ether oxygens (including phenoxy) is 3. The Labute approximate surface area is 226 Å². The van der Waals surface area contributed by atoms with Crippen LogP contribution >= 0.6 is 0 Å². The maximum Gasteiger partial charge on any atom is 0.246 e. The maximum atomic E-state index is 13.2. The standard InChI is InChI=1S/C33H37NO4/c1-3-14-29-21-31(37-23-27-17-10-6-11-18-27)33(38-24-28-19-12-7-13-20-28)30(34(29)32(35)4-2)25-36-22-26-15-8-5-9-16-26/h3-13,15-20,29-31,33H,1-2,14,21-25H2/t29-,30-,31+,33+/m0/s1. The van der Waals surface area contributed by atoms with Crippen molar-refractivity contribution in [1.29, 1.82) is 0 Å². The van der Waals surface area contributed by atoms with E-state index in [0.717, 1.165) is 16.7 Å². The molecule has 0 aliphatic carbocycles. The highest BCUT2D eigenvalue weighted by Gasteiger charge is 2.45. The normalized spacial score (nSPS) is 21.1. The molecule has 0 aromatic heterocycles. The first kappa shape index (κ1) is 27.5. The number of hydrogen-bond donors (Lipinski definition) is 0. The van der Waals surface area contributed by atoms with Gasteiger partial charge in [-0.1, -0.05) is 104 Å². The van der Waals surface area contributed by atoms with E-state index in [-0.39, 0.29) is 30.2 Å². The lowest BCUT2D eigenvalue weighted by Crippen LogP contribution is -2.63. The van der Waals surface area contributed by atoms with E-state index in [1.165, 1.54) is 6.08 Å². The number of carbonyl (C=O) groups excluding carboxylic acids is 1. The first-order valence-corrected chi connectivity index (χ1v) is 13.2. The lowest BCUT2D eigenvalue weighted by Gasteiger charge is -2.49. The van der Waals surface area contributed by atoms with E-state index in [9.17, 15) is 4.79 Å². The molecule has 5 nitrogen and oxygen atoms in total. The lowest BCUT2D eigenvalue weighted by molar-refractivity contribution is -0.178. The molecule has 0 N–H and O–H groups in total.